The lowest BCUT2D eigenvalue weighted by Gasteiger charge is -2.13. The second kappa shape index (κ2) is 8.95. The van der Waals surface area contributed by atoms with Crippen LogP contribution in [0.4, 0.5) is 11.4 Å². The zero-order chi connectivity index (χ0) is 22.0. The Bertz CT molecular complexity index is 1280. The highest BCUT2D eigenvalue weighted by Crippen LogP contribution is 2.26. The van der Waals surface area contributed by atoms with Crippen molar-refractivity contribution >= 4 is 50.6 Å². The molecule has 2 heterocycles. The molecular formula is C23H22N4O2S2. The van der Waals surface area contributed by atoms with E-state index in [9.17, 15) is 9.59 Å². The van der Waals surface area contributed by atoms with Gasteiger partial charge in [0.05, 0.1) is 16.8 Å². The Morgan fingerprint density at radius 1 is 1.13 bits per heavy atom. The van der Waals surface area contributed by atoms with Gasteiger partial charge in [-0.2, -0.15) is 0 Å². The quantitative estimate of drug-likeness (QED) is 0.345. The molecule has 0 bridgehead atoms. The number of amides is 1. The fourth-order valence-electron chi connectivity index (χ4n) is 3.15. The fraction of sp³-hybridized carbons (Fsp3) is 0.174. The van der Waals surface area contributed by atoms with E-state index in [1.807, 2.05) is 86.6 Å². The molecule has 8 heteroatoms. The van der Waals surface area contributed by atoms with Crippen LogP contribution < -0.4 is 15.8 Å². The highest BCUT2D eigenvalue weighted by atomic mass is 32.2. The minimum Gasteiger partial charge on any atom is -0.378 e. The molecular weight excluding hydrogens is 428 g/mol. The number of hydrogen-bond acceptors (Lipinski definition) is 6. The molecule has 0 aliphatic rings. The van der Waals surface area contributed by atoms with Gasteiger partial charge in [-0.25, -0.2) is 4.98 Å². The van der Waals surface area contributed by atoms with Gasteiger partial charge in [0, 0.05) is 30.3 Å². The van der Waals surface area contributed by atoms with Crippen molar-refractivity contribution in [1.82, 2.24) is 9.55 Å². The number of rotatable bonds is 6. The number of aryl methyl sites for hydroxylation is 1. The van der Waals surface area contributed by atoms with Gasteiger partial charge in [0.15, 0.2) is 5.16 Å². The number of nitrogens with zero attached hydrogens (tertiary/aromatic N) is 3. The van der Waals surface area contributed by atoms with E-state index >= 15 is 0 Å². The second-order valence-corrected chi connectivity index (χ2v) is 9.40. The summed E-state index contributed by atoms with van der Waals surface area (Å²) >= 11 is 2.74. The topological polar surface area (TPSA) is 67.2 Å². The van der Waals surface area contributed by atoms with Crippen molar-refractivity contribution in [2.24, 2.45) is 0 Å². The molecule has 0 aliphatic heterocycles. The first kappa shape index (κ1) is 21.1. The number of carbonyl (C=O) groups is 1. The van der Waals surface area contributed by atoms with Gasteiger partial charge < -0.3 is 10.2 Å². The summed E-state index contributed by atoms with van der Waals surface area (Å²) < 4.78 is 1.58. The van der Waals surface area contributed by atoms with Crippen LogP contribution in [-0.4, -0.2) is 35.3 Å². The van der Waals surface area contributed by atoms with Crippen LogP contribution in [0.2, 0.25) is 0 Å². The maximum Gasteiger partial charge on any atom is 0.267 e. The molecule has 4 rings (SSSR count). The third-order valence-electron chi connectivity index (χ3n) is 4.67. The van der Waals surface area contributed by atoms with E-state index in [-0.39, 0.29) is 17.2 Å². The van der Waals surface area contributed by atoms with Crippen LogP contribution in [-0.2, 0) is 4.79 Å². The predicted octanol–water partition coefficient (Wildman–Crippen LogP) is 4.55. The average molecular weight is 451 g/mol. The van der Waals surface area contributed by atoms with Crippen LogP contribution in [0, 0.1) is 6.92 Å². The molecule has 0 saturated carbocycles. The zero-order valence-electron chi connectivity index (χ0n) is 17.5. The summed E-state index contributed by atoms with van der Waals surface area (Å²) in [5.41, 5.74) is 2.40. The molecule has 0 spiro atoms. The first-order chi connectivity index (χ1) is 14.9. The van der Waals surface area contributed by atoms with Gasteiger partial charge in [-0.1, -0.05) is 30.0 Å². The molecule has 0 fully saturated rings. The molecule has 0 atom stereocenters. The molecule has 158 valence electrons. The number of hydrogen-bond donors (Lipinski definition) is 1. The molecule has 1 N–H and O–H groups in total. The largest absolute Gasteiger partial charge is 0.378 e. The summed E-state index contributed by atoms with van der Waals surface area (Å²) in [5.74, 6) is -0.0104. The van der Waals surface area contributed by atoms with Crippen molar-refractivity contribution in [3.8, 4) is 5.69 Å². The van der Waals surface area contributed by atoms with Crippen LogP contribution in [0.15, 0.2) is 70.6 Å². The van der Waals surface area contributed by atoms with Crippen LogP contribution >= 0.6 is 23.1 Å². The number of fused-ring (bicyclic) bond motifs is 1. The van der Waals surface area contributed by atoms with E-state index < -0.39 is 0 Å². The van der Waals surface area contributed by atoms with Crippen molar-refractivity contribution in [2.45, 2.75) is 12.1 Å². The van der Waals surface area contributed by atoms with Crippen LogP contribution in [0.25, 0.3) is 15.9 Å². The Kier molecular flexibility index (Phi) is 6.11. The molecule has 1 amide bonds. The first-order valence-electron chi connectivity index (χ1n) is 9.71. The molecule has 2 aromatic carbocycles. The Morgan fingerprint density at radius 3 is 2.52 bits per heavy atom. The Morgan fingerprint density at radius 2 is 1.84 bits per heavy atom. The van der Waals surface area contributed by atoms with E-state index in [2.05, 4.69) is 5.32 Å². The van der Waals surface area contributed by atoms with E-state index in [0.717, 1.165) is 21.9 Å². The highest BCUT2D eigenvalue weighted by Gasteiger charge is 2.16. The Labute approximate surface area is 188 Å². The molecule has 0 saturated heterocycles. The SMILES string of the molecule is Cc1cc2c(=O)n(-c3ccccc3)c(SCC(=O)Nc3ccc(N(C)C)cc3)nc2s1. The summed E-state index contributed by atoms with van der Waals surface area (Å²) in [6.07, 6.45) is 0. The summed E-state index contributed by atoms with van der Waals surface area (Å²) in [6.45, 7) is 1.96. The Hall–Kier alpha value is -3.10. The lowest BCUT2D eigenvalue weighted by Crippen LogP contribution is -2.22. The number of thiophene rings is 1. The minimum absolute atomic E-state index is 0.122. The van der Waals surface area contributed by atoms with Crippen molar-refractivity contribution in [2.75, 3.05) is 30.1 Å². The van der Waals surface area contributed by atoms with E-state index in [0.29, 0.717) is 15.4 Å². The summed E-state index contributed by atoms with van der Waals surface area (Å²) in [4.78, 5) is 34.2. The standard InChI is InChI=1S/C23H22N4O2S2/c1-15-13-19-21(31-15)25-23(27(22(19)29)18-7-5-4-6-8-18)30-14-20(28)24-16-9-11-17(12-10-16)26(2)3/h4-13H,14H2,1-3H3,(H,24,28). The summed E-state index contributed by atoms with van der Waals surface area (Å²) in [5, 5.41) is 4.00. The third kappa shape index (κ3) is 4.65. The van der Waals surface area contributed by atoms with Crippen molar-refractivity contribution in [3.05, 3.63) is 75.9 Å². The number of carbonyl (C=O) groups excluding carboxylic acids is 1. The van der Waals surface area contributed by atoms with Gasteiger partial charge >= 0.3 is 0 Å². The molecule has 2 aromatic heterocycles. The van der Waals surface area contributed by atoms with Gasteiger partial charge in [-0.3, -0.25) is 14.2 Å². The van der Waals surface area contributed by atoms with Gasteiger partial charge in [-0.15, -0.1) is 11.3 Å². The third-order valence-corrected chi connectivity index (χ3v) is 6.55. The van der Waals surface area contributed by atoms with Gasteiger partial charge in [0.2, 0.25) is 5.91 Å². The fourth-order valence-corrected chi connectivity index (χ4v) is 4.89. The molecule has 4 aromatic rings. The molecule has 31 heavy (non-hydrogen) atoms. The second-order valence-electron chi connectivity index (χ2n) is 7.22. The first-order valence-corrected chi connectivity index (χ1v) is 11.5. The smallest absolute Gasteiger partial charge is 0.267 e. The van der Waals surface area contributed by atoms with Crippen LogP contribution in [0.5, 0.6) is 0 Å². The van der Waals surface area contributed by atoms with Gasteiger partial charge in [-0.05, 0) is 49.4 Å². The van der Waals surface area contributed by atoms with Crippen molar-refractivity contribution in [1.29, 1.82) is 0 Å². The van der Waals surface area contributed by atoms with Gasteiger partial charge in [0.1, 0.15) is 4.83 Å². The monoisotopic (exact) mass is 450 g/mol. The Balaban J connectivity index is 1.59. The number of aromatic nitrogens is 2. The maximum atomic E-state index is 13.2. The number of thioether (sulfide) groups is 1. The molecule has 0 aliphatic carbocycles. The zero-order valence-corrected chi connectivity index (χ0v) is 19.1. The lowest BCUT2D eigenvalue weighted by atomic mass is 10.2. The van der Waals surface area contributed by atoms with Crippen molar-refractivity contribution in [3.63, 3.8) is 0 Å². The van der Waals surface area contributed by atoms with E-state index in [4.69, 9.17) is 4.98 Å². The van der Waals surface area contributed by atoms with Crippen LogP contribution in [0.1, 0.15) is 4.88 Å². The predicted molar refractivity (Wildman–Crippen MR) is 130 cm³/mol. The van der Waals surface area contributed by atoms with E-state index in [1.54, 1.807) is 4.57 Å². The normalized spacial score (nSPS) is 10.9. The average Bonchev–Trinajstić information content (AvgIpc) is 3.14. The summed E-state index contributed by atoms with van der Waals surface area (Å²) in [7, 11) is 3.94. The van der Waals surface area contributed by atoms with Gasteiger partial charge in [0.25, 0.3) is 5.56 Å². The van der Waals surface area contributed by atoms with E-state index in [1.165, 1.54) is 23.1 Å². The molecule has 0 unspecified atom stereocenters. The molecule has 6 nitrogen and oxygen atoms in total. The highest BCUT2D eigenvalue weighted by molar-refractivity contribution is 7.99. The van der Waals surface area contributed by atoms with Crippen LogP contribution in [0.3, 0.4) is 0 Å². The molecule has 0 radical (unpaired) electrons. The minimum atomic E-state index is -0.154. The summed E-state index contributed by atoms with van der Waals surface area (Å²) in [6, 6.07) is 18.9. The van der Waals surface area contributed by atoms with Crippen molar-refractivity contribution < 1.29 is 4.79 Å². The maximum absolute atomic E-state index is 13.2. The number of para-hydroxylation sites is 1. The number of anilines is 2. The number of nitrogens with one attached hydrogen (secondary N) is 1. The number of benzene rings is 2. The lowest BCUT2D eigenvalue weighted by molar-refractivity contribution is -0.113.